The number of hydrogen-bond donors (Lipinski definition) is 0. The highest BCUT2D eigenvalue weighted by Gasteiger charge is 2.68. The second-order valence-electron chi connectivity index (χ2n) is 5.71. The third kappa shape index (κ3) is 2.35. The fraction of sp³-hybridized carbons (Fsp3) is 0.571. The zero-order valence-corrected chi connectivity index (χ0v) is 10.9. The first kappa shape index (κ1) is 14.3. The monoisotopic (exact) mass is 278 g/mol. The maximum Gasteiger partial charge on any atom is 0.416 e. The zero-order valence-electron chi connectivity index (χ0n) is 10.9. The van der Waals surface area contributed by atoms with Crippen molar-refractivity contribution >= 4 is 0 Å². The average Bonchev–Trinajstić information content (AvgIpc) is 2.77. The number of alkyl halides is 5. The van der Waals surface area contributed by atoms with Crippen molar-refractivity contribution in [2.45, 2.75) is 50.6 Å². The average molecular weight is 278 g/mol. The summed E-state index contributed by atoms with van der Waals surface area (Å²) < 4.78 is 65.2. The number of halogens is 5. The van der Waals surface area contributed by atoms with Crippen molar-refractivity contribution in [3.05, 3.63) is 34.9 Å². The Morgan fingerprint density at radius 3 is 2.00 bits per heavy atom. The Morgan fingerprint density at radius 1 is 1.11 bits per heavy atom. The van der Waals surface area contributed by atoms with E-state index in [-0.39, 0.29) is 11.5 Å². The molecule has 0 spiro atoms. The molecular weight excluding hydrogens is 263 g/mol. The largest absolute Gasteiger partial charge is 0.416 e. The van der Waals surface area contributed by atoms with Crippen molar-refractivity contribution in [1.82, 2.24) is 0 Å². The van der Waals surface area contributed by atoms with Crippen molar-refractivity contribution in [3.63, 3.8) is 0 Å². The molecule has 1 unspecified atom stereocenters. The summed E-state index contributed by atoms with van der Waals surface area (Å²) in [5.74, 6) is -3.05. The van der Waals surface area contributed by atoms with Gasteiger partial charge in [-0.2, -0.15) is 13.2 Å². The van der Waals surface area contributed by atoms with Gasteiger partial charge in [-0.3, -0.25) is 0 Å². The highest BCUT2D eigenvalue weighted by atomic mass is 19.4. The number of hydrogen-bond acceptors (Lipinski definition) is 0. The lowest BCUT2D eigenvalue weighted by atomic mass is 9.90. The van der Waals surface area contributed by atoms with E-state index in [4.69, 9.17) is 0 Å². The summed E-state index contributed by atoms with van der Waals surface area (Å²) in [7, 11) is 0. The molecule has 19 heavy (non-hydrogen) atoms. The number of rotatable bonds is 2. The summed E-state index contributed by atoms with van der Waals surface area (Å²) in [6.45, 7) is 4.80. The molecule has 1 aliphatic rings. The molecule has 106 valence electrons. The number of benzene rings is 1. The van der Waals surface area contributed by atoms with E-state index in [2.05, 4.69) is 0 Å². The molecule has 0 nitrogen and oxygen atoms in total. The minimum absolute atomic E-state index is 0.0797. The second kappa shape index (κ2) is 3.93. The Hall–Kier alpha value is -1.13. The molecule has 5 heteroatoms. The first-order chi connectivity index (χ1) is 8.47. The molecule has 0 aromatic heterocycles. The van der Waals surface area contributed by atoms with E-state index < -0.39 is 29.5 Å². The lowest BCUT2D eigenvalue weighted by molar-refractivity contribution is -0.137. The molecule has 1 aromatic rings. The summed E-state index contributed by atoms with van der Waals surface area (Å²) in [6.07, 6.45) is -4.90. The molecule has 0 N–H and O–H groups in total. The molecule has 0 heterocycles. The van der Waals surface area contributed by atoms with Crippen LogP contribution in [0.25, 0.3) is 0 Å². The van der Waals surface area contributed by atoms with Crippen LogP contribution < -0.4 is 0 Å². The van der Waals surface area contributed by atoms with Gasteiger partial charge in [0.2, 0.25) is 0 Å². The van der Waals surface area contributed by atoms with Crippen LogP contribution in [0.3, 0.4) is 0 Å². The minimum atomic E-state index is -4.51. The smallest absolute Gasteiger partial charge is 0.206 e. The SMILES string of the molecule is CC(C)c1cc(C(F)(F)F)cc(C2(C)CC2(F)F)c1. The van der Waals surface area contributed by atoms with Crippen LogP contribution in [0.1, 0.15) is 49.8 Å². The van der Waals surface area contributed by atoms with Gasteiger partial charge in [0.15, 0.2) is 0 Å². The molecule has 2 rings (SSSR count). The highest BCUT2D eigenvalue weighted by molar-refractivity contribution is 5.43. The van der Waals surface area contributed by atoms with Crippen molar-refractivity contribution in [3.8, 4) is 0 Å². The van der Waals surface area contributed by atoms with E-state index >= 15 is 0 Å². The fourth-order valence-corrected chi connectivity index (χ4v) is 2.18. The molecule has 0 saturated heterocycles. The van der Waals surface area contributed by atoms with Crippen LogP contribution in [-0.2, 0) is 11.6 Å². The normalized spacial score (nSPS) is 25.7. The Kier molecular flexibility index (Phi) is 2.96. The maximum absolute atomic E-state index is 13.3. The Labute approximate surface area is 108 Å². The van der Waals surface area contributed by atoms with E-state index in [1.54, 1.807) is 13.8 Å². The molecule has 0 amide bonds. The van der Waals surface area contributed by atoms with Gasteiger partial charge in [-0.1, -0.05) is 19.9 Å². The summed E-state index contributed by atoms with van der Waals surface area (Å²) in [4.78, 5) is 0. The third-order valence-electron chi connectivity index (χ3n) is 3.84. The minimum Gasteiger partial charge on any atom is -0.206 e. The van der Waals surface area contributed by atoms with Gasteiger partial charge < -0.3 is 0 Å². The molecule has 1 saturated carbocycles. The lowest BCUT2D eigenvalue weighted by Gasteiger charge is -2.18. The first-order valence-corrected chi connectivity index (χ1v) is 6.08. The third-order valence-corrected chi connectivity index (χ3v) is 3.84. The summed E-state index contributed by atoms with van der Waals surface area (Å²) in [5.41, 5.74) is -1.79. The van der Waals surface area contributed by atoms with Crippen LogP contribution in [0.2, 0.25) is 0 Å². The molecule has 0 bridgehead atoms. The molecule has 0 radical (unpaired) electrons. The second-order valence-corrected chi connectivity index (χ2v) is 5.71. The molecule has 1 atom stereocenters. The van der Waals surface area contributed by atoms with Gasteiger partial charge in [0, 0.05) is 6.42 Å². The van der Waals surface area contributed by atoms with Crippen LogP contribution in [0.4, 0.5) is 22.0 Å². The molecule has 1 fully saturated rings. The topological polar surface area (TPSA) is 0 Å². The van der Waals surface area contributed by atoms with Gasteiger partial charge in [0.05, 0.1) is 11.0 Å². The van der Waals surface area contributed by atoms with Gasteiger partial charge in [0.25, 0.3) is 5.92 Å². The van der Waals surface area contributed by atoms with Crippen molar-refractivity contribution < 1.29 is 22.0 Å². The fourth-order valence-electron chi connectivity index (χ4n) is 2.18. The van der Waals surface area contributed by atoms with E-state index in [0.29, 0.717) is 5.56 Å². The van der Waals surface area contributed by atoms with Crippen molar-refractivity contribution in [2.24, 2.45) is 0 Å². The van der Waals surface area contributed by atoms with Crippen LogP contribution >= 0.6 is 0 Å². The van der Waals surface area contributed by atoms with E-state index in [1.165, 1.54) is 13.0 Å². The van der Waals surface area contributed by atoms with Gasteiger partial charge in [-0.15, -0.1) is 0 Å². The van der Waals surface area contributed by atoms with E-state index in [9.17, 15) is 22.0 Å². The van der Waals surface area contributed by atoms with Crippen molar-refractivity contribution in [1.29, 1.82) is 0 Å². The van der Waals surface area contributed by atoms with Gasteiger partial charge >= 0.3 is 6.18 Å². The summed E-state index contributed by atoms with van der Waals surface area (Å²) in [6, 6.07) is 3.37. The van der Waals surface area contributed by atoms with Crippen molar-refractivity contribution in [2.75, 3.05) is 0 Å². The predicted molar refractivity (Wildman–Crippen MR) is 62.4 cm³/mol. The first-order valence-electron chi connectivity index (χ1n) is 6.08. The molecule has 0 aliphatic heterocycles. The van der Waals surface area contributed by atoms with E-state index in [1.807, 2.05) is 0 Å². The Bertz CT molecular complexity index is 501. The lowest BCUT2D eigenvalue weighted by Crippen LogP contribution is -2.15. The van der Waals surface area contributed by atoms with Gasteiger partial charge in [-0.05, 0) is 36.1 Å². The Morgan fingerprint density at radius 2 is 1.63 bits per heavy atom. The Balaban J connectivity index is 2.54. The van der Waals surface area contributed by atoms with Crippen LogP contribution in [0, 0.1) is 0 Å². The zero-order chi connectivity index (χ0) is 14.6. The van der Waals surface area contributed by atoms with Crippen LogP contribution in [0.15, 0.2) is 18.2 Å². The predicted octanol–water partition coefficient (Wildman–Crippen LogP) is 5.13. The van der Waals surface area contributed by atoms with Crippen LogP contribution in [-0.4, -0.2) is 5.92 Å². The standard InChI is InChI=1S/C14H15F5/c1-8(2)9-4-10(12(3)7-13(12,15)16)6-11(5-9)14(17,18)19/h4-6,8H,7H2,1-3H3. The quantitative estimate of drug-likeness (QED) is 0.658. The van der Waals surface area contributed by atoms with E-state index in [0.717, 1.165) is 12.1 Å². The van der Waals surface area contributed by atoms with Gasteiger partial charge in [-0.25, -0.2) is 8.78 Å². The maximum atomic E-state index is 13.3. The van der Waals surface area contributed by atoms with Gasteiger partial charge in [0.1, 0.15) is 0 Å². The molecule has 1 aliphatic carbocycles. The molecule has 1 aromatic carbocycles. The summed E-state index contributed by atoms with van der Waals surface area (Å²) in [5, 5.41) is 0. The molecular formula is C14H15F5. The highest BCUT2D eigenvalue weighted by Crippen LogP contribution is 2.61. The van der Waals surface area contributed by atoms with Crippen LogP contribution in [0.5, 0.6) is 0 Å². The summed E-state index contributed by atoms with van der Waals surface area (Å²) >= 11 is 0.